The number of alkyl halides is 16. The summed E-state index contributed by atoms with van der Waals surface area (Å²) in [7, 11) is 0. The number of halogens is 16. The number of carbonyl (C=O) groups excluding carboxylic acids is 1. The number of nitrogens with zero attached hydrogens (tertiary/aromatic N) is 1. The monoisotopic (exact) mass is 499 g/mol. The van der Waals surface area contributed by atoms with Gasteiger partial charge >= 0.3 is 47.9 Å². The maximum absolute atomic E-state index is 13.7. The van der Waals surface area contributed by atoms with Crippen LogP contribution in [-0.2, 0) is 4.79 Å². The summed E-state index contributed by atoms with van der Waals surface area (Å²) < 4.78 is 210. The highest BCUT2D eigenvalue weighted by Gasteiger charge is 2.94. The molecule has 0 atom stereocenters. The van der Waals surface area contributed by atoms with Gasteiger partial charge in [-0.05, 0) is 12.8 Å². The minimum absolute atomic E-state index is 0.146. The summed E-state index contributed by atoms with van der Waals surface area (Å²) in [6.45, 7) is -1.55. The fraction of sp³-hybridized carbons (Fsp3) is 0.923. The molecular weight excluding hydrogens is 490 g/mol. The van der Waals surface area contributed by atoms with Crippen molar-refractivity contribution >= 4 is 5.91 Å². The Hall–Kier alpha value is -1.65. The Morgan fingerprint density at radius 1 is 0.581 bits per heavy atom. The molecule has 0 N–H and O–H groups in total. The predicted octanol–water partition coefficient (Wildman–Crippen LogP) is 5.32. The summed E-state index contributed by atoms with van der Waals surface area (Å²) >= 11 is 0. The fourth-order valence-corrected chi connectivity index (χ4v) is 2.39. The van der Waals surface area contributed by atoms with Crippen LogP contribution >= 0.6 is 0 Å². The third-order valence-electron chi connectivity index (χ3n) is 4.33. The first-order valence-electron chi connectivity index (χ1n) is 7.68. The Morgan fingerprint density at radius 3 is 1.26 bits per heavy atom. The molecule has 0 aromatic rings. The van der Waals surface area contributed by atoms with Crippen molar-refractivity contribution in [2.75, 3.05) is 13.1 Å². The highest BCUT2D eigenvalue weighted by Crippen LogP contribution is 2.62. The van der Waals surface area contributed by atoms with Gasteiger partial charge in [-0.2, -0.15) is 61.5 Å². The lowest BCUT2D eigenvalue weighted by molar-refractivity contribution is -0.444. The van der Waals surface area contributed by atoms with E-state index in [4.69, 9.17) is 0 Å². The van der Waals surface area contributed by atoms with Gasteiger partial charge in [0.25, 0.3) is 5.91 Å². The quantitative estimate of drug-likeness (QED) is 0.415. The molecule has 1 saturated heterocycles. The summed E-state index contributed by atoms with van der Waals surface area (Å²) in [4.78, 5) is 11.1. The van der Waals surface area contributed by atoms with Crippen molar-refractivity contribution in [1.29, 1.82) is 0 Å². The molecule has 2 nitrogen and oxygen atoms in total. The van der Waals surface area contributed by atoms with E-state index in [0.717, 1.165) is 0 Å². The Morgan fingerprint density at radius 2 is 0.903 bits per heavy atom. The van der Waals surface area contributed by atoms with Crippen molar-refractivity contribution in [1.82, 2.24) is 4.90 Å². The Kier molecular flexibility index (Phi) is 6.58. The summed E-state index contributed by atoms with van der Waals surface area (Å²) in [5, 5.41) is 0. The van der Waals surface area contributed by atoms with Crippen molar-refractivity contribution in [3.8, 4) is 0 Å². The SMILES string of the molecule is O=C(N1CCCC1)C(F)(F)C(F)(F)C(F)(F)C(F)(F)C(F)(F)C(F)(F)C(F)(F)C(F)F. The van der Waals surface area contributed by atoms with Gasteiger partial charge < -0.3 is 4.90 Å². The van der Waals surface area contributed by atoms with E-state index >= 15 is 0 Å². The molecule has 0 unspecified atom stereocenters. The van der Waals surface area contributed by atoms with Crippen LogP contribution in [-0.4, -0.2) is 71.8 Å². The van der Waals surface area contributed by atoms with Crippen LogP contribution in [0.3, 0.4) is 0 Å². The first-order chi connectivity index (χ1) is 13.5. The summed E-state index contributed by atoms with van der Waals surface area (Å²) in [5.41, 5.74) is 0. The Balaban J connectivity index is 3.55. The molecular formula is C13H9F16NO. The smallest absolute Gasteiger partial charge is 0.337 e. The van der Waals surface area contributed by atoms with Crippen LogP contribution in [0.2, 0.25) is 0 Å². The zero-order valence-electron chi connectivity index (χ0n) is 14.3. The lowest BCUT2D eigenvalue weighted by atomic mass is 9.89. The van der Waals surface area contributed by atoms with Gasteiger partial charge in [0, 0.05) is 13.1 Å². The van der Waals surface area contributed by atoms with Gasteiger partial charge in [0.05, 0.1) is 0 Å². The van der Waals surface area contributed by atoms with Crippen LogP contribution in [0.5, 0.6) is 0 Å². The van der Waals surface area contributed by atoms with Gasteiger partial charge in [0.1, 0.15) is 0 Å². The number of hydrogen-bond acceptors (Lipinski definition) is 1. The molecule has 0 saturated carbocycles. The third kappa shape index (κ3) is 3.47. The highest BCUT2D eigenvalue weighted by atomic mass is 19.4. The number of rotatable bonds is 8. The van der Waals surface area contributed by atoms with Crippen LogP contribution in [0.1, 0.15) is 12.8 Å². The Bertz CT molecular complexity index is 681. The van der Waals surface area contributed by atoms with Crippen LogP contribution in [0.25, 0.3) is 0 Å². The normalized spacial score (nSPS) is 18.2. The average Bonchev–Trinajstić information content (AvgIpc) is 3.14. The lowest BCUT2D eigenvalue weighted by Crippen LogP contribution is -2.74. The number of hydrogen-bond donors (Lipinski definition) is 0. The molecule has 0 aromatic carbocycles. The maximum Gasteiger partial charge on any atom is 0.392 e. The van der Waals surface area contributed by atoms with E-state index in [-0.39, 0.29) is 17.7 Å². The topological polar surface area (TPSA) is 20.3 Å². The standard InChI is InChI=1S/C13H9F16NO/c14-5(15)7(16,17)9(20,21)11(24,25)13(28,29)12(26,27)10(22,23)8(18,19)6(31)30-3-1-2-4-30/h5H,1-4H2. The molecule has 1 rings (SSSR count). The molecule has 1 aliphatic rings. The molecule has 0 spiro atoms. The van der Waals surface area contributed by atoms with E-state index in [0.29, 0.717) is 0 Å². The van der Waals surface area contributed by atoms with Crippen molar-refractivity contribution in [3.05, 3.63) is 0 Å². The largest absolute Gasteiger partial charge is 0.392 e. The van der Waals surface area contributed by atoms with E-state index in [9.17, 15) is 75.0 Å². The molecule has 0 radical (unpaired) electrons. The maximum atomic E-state index is 13.7. The van der Waals surface area contributed by atoms with Gasteiger partial charge in [0.15, 0.2) is 0 Å². The summed E-state index contributed by atoms with van der Waals surface area (Å²) in [5.74, 6) is -58.9. The van der Waals surface area contributed by atoms with Gasteiger partial charge in [-0.25, -0.2) is 8.78 Å². The zero-order valence-corrected chi connectivity index (χ0v) is 14.3. The van der Waals surface area contributed by atoms with Crippen LogP contribution in [0.15, 0.2) is 0 Å². The molecule has 18 heteroatoms. The van der Waals surface area contributed by atoms with Gasteiger partial charge in [0.2, 0.25) is 0 Å². The van der Waals surface area contributed by atoms with Crippen molar-refractivity contribution < 1.29 is 75.0 Å². The van der Waals surface area contributed by atoms with E-state index in [1.54, 1.807) is 0 Å². The number of likely N-dealkylation sites (tertiary alicyclic amines) is 1. The minimum atomic E-state index is -8.49. The van der Waals surface area contributed by atoms with Crippen LogP contribution < -0.4 is 0 Å². The average molecular weight is 499 g/mol. The first kappa shape index (κ1) is 27.4. The van der Waals surface area contributed by atoms with E-state index in [1.807, 2.05) is 0 Å². The molecule has 0 bridgehead atoms. The first-order valence-corrected chi connectivity index (χ1v) is 7.68. The van der Waals surface area contributed by atoms with Gasteiger partial charge in [-0.15, -0.1) is 0 Å². The third-order valence-corrected chi connectivity index (χ3v) is 4.33. The van der Waals surface area contributed by atoms with Gasteiger partial charge in [-0.1, -0.05) is 0 Å². The fourth-order valence-electron chi connectivity index (χ4n) is 2.39. The molecule has 0 aliphatic carbocycles. The number of carbonyl (C=O) groups is 1. The summed E-state index contributed by atoms with van der Waals surface area (Å²) in [6.07, 6.45) is -6.18. The lowest BCUT2D eigenvalue weighted by Gasteiger charge is -2.42. The second-order valence-electron chi connectivity index (χ2n) is 6.37. The second kappa shape index (κ2) is 7.45. The predicted molar refractivity (Wildman–Crippen MR) is 66.4 cm³/mol. The second-order valence-corrected chi connectivity index (χ2v) is 6.37. The number of amides is 1. The van der Waals surface area contributed by atoms with Crippen LogP contribution in [0.4, 0.5) is 70.2 Å². The van der Waals surface area contributed by atoms with Gasteiger partial charge in [-0.3, -0.25) is 4.79 Å². The molecule has 1 amide bonds. The summed E-state index contributed by atoms with van der Waals surface area (Å²) in [6, 6.07) is 0. The van der Waals surface area contributed by atoms with Crippen molar-refractivity contribution in [2.45, 2.75) is 60.7 Å². The molecule has 31 heavy (non-hydrogen) atoms. The Labute approximate surface area is 161 Å². The minimum Gasteiger partial charge on any atom is -0.337 e. The highest BCUT2D eigenvalue weighted by molar-refractivity contribution is 5.85. The van der Waals surface area contributed by atoms with Crippen molar-refractivity contribution in [2.24, 2.45) is 0 Å². The molecule has 1 fully saturated rings. The van der Waals surface area contributed by atoms with Crippen molar-refractivity contribution in [3.63, 3.8) is 0 Å². The molecule has 184 valence electrons. The molecule has 0 aromatic heterocycles. The van der Waals surface area contributed by atoms with E-state index in [1.165, 1.54) is 0 Å². The van der Waals surface area contributed by atoms with E-state index < -0.39 is 66.9 Å². The zero-order chi connectivity index (χ0) is 25.1. The van der Waals surface area contributed by atoms with E-state index in [2.05, 4.69) is 0 Å². The molecule has 1 heterocycles. The van der Waals surface area contributed by atoms with Crippen LogP contribution in [0, 0.1) is 0 Å². The molecule has 1 aliphatic heterocycles.